The highest BCUT2D eigenvalue weighted by molar-refractivity contribution is 5.31. The topological polar surface area (TPSA) is 52.0 Å². The zero-order valence-electron chi connectivity index (χ0n) is 14.4. The molecule has 2 heteroatoms. The molecule has 0 heterocycles. The smallest absolute Gasteiger partial charge is 0.00366 e. The van der Waals surface area contributed by atoms with E-state index in [4.69, 9.17) is 11.5 Å². The van der Waals surface area contributed by atoms with Crippen LogP contribution in [-0.4, -0.2) is 13.1 Å². The second kappa shape index (κ2) is 9.39. The van der Waals surface area contributed by atoms with Crippen molar-refractivity contribution >= 4 is 0 Å². The summed E-state index contributed by atoms with van der Waals surface area (Å²) in [5, 5.41) is 0. The van der Waals surface area contributed by atoms with Crippen LogP contribution in [0.3, 0.4) is 0 Å². The molecule has 0 aromatic heterocycles. The molecule has 0 aliphatic rings. The van der Waals surface area contributed by atoms with Gasteiger partial charge in [-0.15, -0.1) is 0 Å². The van der Waals surface area contributed by atoms with Crippen molar-refractivity contribution in [2.45, 2.75) is 40.5 Å². The van der Waals surface area contributed by atoms with E-state index in [1.807, 2.05) is 0 Å². The predicted molar refractivity (Wildman–Crippen MR) is 97.3 cm³/mol. The Morgan fingerprint density at radius 1 is 0.636 bits per heavy atom. The van der Waals surface area contributed by atoms with Crippen LogP contribution in [-0.2, 0) is 12.8 Å². The highest BCUT2D eigenvalue weighted by Crippen LogP contribution is 2.11. The maximum absolute atomic E-state index is 5.48. The fourth-order valence-electron chi connectivity index (χ4n) is 2.51. The summed E-state index contributed by atoms with van der Waals surface area (Å²) in [6.07, 6.45) is 1.99. The summed E-state index contributed by atoms with van der Waals surface area (Å²) < 4.78 is 0. The van der Waals surface area contributed by atoms with Crippen LogP contribution in [0.15, 0.2) is 36.4 Å². The van der Waals surface area contributed by atoms with E-state index in [2.05, 4.69) is 64.1 Å². The van der Waals surface area contributed by atoms with Crippen LogP contribution in [0.5, 0.6) is 0 Å². The number of rotatable bonds is 4. The Hall–Kier alpha value is -1.64. The van der Waals surface area contributed by atoms with Crippen molar-refractivity contribution in [1.82, 2.24) is 0 Å². The fourth-order valence-corrected chi connectivity index (χ4v) is 2.51. The molecule has 2 aromatic rings. The zero-order valence-corrected chi connectivity index (χ0v) is 14.4. The van der Waals surface area contributed by atoms with Gasteiger partial charge in [0.25, 0.3) is 0 Å². The fraction of sp³-hybridized carbons (Fsp3) is 0.400. The lowest BCUT2D eigenvalue weighted by Crippen LogP contribution is -2.04. The Morgan fingerprint density at radius 3 is 1.77 bits per heavy atom. The van der Waals surface area contributed by atoms with E-state index in [9.17, 15) is 0 Å². The van der Waals surface area contributed by atoms with E-state index in [0.717, 1.165) is 25.9 Å². The van der Waals surface area contributed by atoms with Crippen LogP contribution in [0.4, 0.5) is 0 Å². The quantitative estimate of drug-likeness (QED) is 0.906. The molecule has 0 unspecified atom stereocenters. The molecule has 2 rings (SSSR count). The maximum atomic E-state index is 5.48. The molecule has 0 saturated carbocycles. The van der Waals surface area contributed by atoms with Crippen molar-refractivity contribution in [3.8, 4) is 0 Å². The van der Waals surface area contributed by atoms with Gasteiger partial charge < -0.3 is 11.5 Å². The van der Waals surface area contributed by atoms with E-state index in [1.165, 1.54) is 33.4 Å². The molecular formula is C20H30N2. The van der Waals surface area contributed by atoms with Gasteiger partial charge >= 0.3 is 0 Å². The lowest BCUT2D eigenvalue weighted by molar-refractivity contribution is 0.955. The Bertz CT molecular complexity index is 588. The van der Waals surface area contributed by atoms with Gasteiger partial charge in [-0.3, -0.25) is 0 Å². The monoisotopic (exact) mass is 298 g/mol. The van der Waals surface area contributed by atoms with Crippen LogP contribution in [0.25, 0.3) is 0 Å². The average Bonchev–Trinajstić information content (AvgIpc) is 2.47. The Kier molecular flexibility index (Phi) is 7.86. The van der Waals surface area contributed by atoms with Crippen LogP contribution < -0.4 is 11.5 Å². The number of benzene rings is 2. The molecule has 0 aliphatic heterocycles. The summed E-state index contributed by atoms with van der Waals surface area (Å²) in [6.45, 7) is 9.97. The van der Waals surface area contributed by atoms with Crippen molar-refractivity contribution in [3.05, 3.63) is 69.8 Å². The first-order valence-electron chi connectivity index (χ1n) is 8.00. The van der Waals surface area contributed by atoms with Crippen molar-refractivity contribution in [3.63, 3.8) is 0 Å². The number of nitrogens with two attached hydrogens (primary N) is 2. The molecule has 0 radical (unpaired) electrons. The summed E-state index contributed by atoms with van der Waals surface area (Å²) in [6, 6.07) is 13.0. The Balaban J connectivity index is 0.000000220. The van der Waals surface area contributed by atoms with Gasteiger partial charge in [0.1, 0.15) is 0 Å². The third-order valence-corrected chi connectivity index (χ3v) is 3.83. The van der Waals surface area contributed by atoms with Gasteiger partial charge in [-0.05, 0) is 75.9 Å². The predicted octanol–water partition coefficient (Wildman–Crippen LogP) is 3.61. The number of aryl methyl sites for hydroxylation is 4. The summed E-state index contributed by atoms with van der Waals surface area (Å²) in [7, 11) is 0. The zero-order chi connectivity index (χ0) is 16.5. The van der Waals surface area contributed by atoms with Crippen LogP contribution in [0, 0.1) is 27.7 Å². The Labute approximate surface area is 135 Å². The van der Waals surface area contributed by atoms with Crippen molar-refractivity contribution in [2.24, 2.45) is 11.5 Å². The molecule has 0 saturated heterocycles. The standard InChI is InChI=1S/2C10H15N/c1-8-3-4-10(5-6-11)9(2)7-8;1-8-3-4-9(2)10(7-8)5-6-11/h2*3-4,7H,5-6,11H2,1-2H3. The minimum Gasteiger partial charge on any atom is -0.330 e. The molecule has 22 heavy (non-hydrogen) atoms. The SMILES string of the molecule is Cc1ccc(C)c(CCN)c1.Cc1ccc(CCN)c(C)c1. The first-order chi connectivity index (χ1) is 10.5. The minimum atomic E-state index is 0.740. The summed E-state index contributed by atoms with van der Waals surface area (Å²) in [4.78, 5) is 0. The number of hydrogen-bond donors (Lipinski definition) is 2. The van der Waals surface area contributed by atoms with Crippen LogP contribution in [0.1, 0.15) is 33.4 Å². The summed E-state index contributed by atoms with van der Waals surface area (Å²) >= 11 is 0. The molecule has 0 atom stereocenters. The van der Waals surface area contributed by atoms with E-state index >= 15 is 0 Å². The lowest BCUT2D eigenvalue weighted by atomic mass is 10.0. The van der Waals surface area contributed by atoms with Gasteiger partial charge in [-0.1, -0.05) is 47.5 Å². The van der Waals surface area contributed by atoms with Crippen molar-refractivity contribution in [1.29, 1.82) is 0 Å². The minimum absolute atomic E-state index is 0.740. The van der Waals surface area contributed by atoms with Gasteiger partial charge in [-0.25, -0.2) is 0 Å². The summed E-state index contributed by atoms with van der Waals surface area (Å²) in [5.41, 5.74) is 19.0. The molecule has 0 aliphatic carbocycles. The van der Waals surface area contributed by atoms with Gasteiger partial charge in [0.15, 0.2) is 0 Å². The third-order valence-electron chi connectivity index (χ3n) is 3.83. The molecule has 0 amide bonds. The normalized spacial score (nSPS) is 10.1. The van der Waals surface area contributed by atoms with Crippen LogP contribution in [0.2, 0.25) is 0 Å². The average molecular weight is 298 g/mol. The van der Waals surface area contributed by atoms with Crippen LogP contribution >= 0.6 is 0 Å². The molecular weight excluding hydrogens is 268 g/mol. The van der Waals surface area contributed by atoms with Crippen molar-refractivity contribution < 1.29 is 0 Å². The van der Waals surface area contributed by atoms with Gasteiger partial charge in [0.05, 0.1) is 0 Å². The molecule has 0 fully saturated rings. The van der Waals surface area contributed by atoms with E-state index in [-0.39, 0.29) is 0 Å². The van der Waals surface area contributed by atoms with E-state index in [0.29, 0.717) is 0 Å². The Morgan fingerprint density at radius 2 is 1.18 bits per heavy atom. The van der Waals surface area contributed by atoms with E-state index < -0.39 is 0 Å². The molecule has 2 nitrogen and oxygen atoms in total. The van der Waals surface area contributed by atoms with Crippen molar-refractivity contribution in [2.75, 3.05) is 13.1 Å². The van der Waals surface area contributed by atoms with Gasteiger partial charge in [0.2, 0.25) is 0 Å². The lowest BCUT2D eigenvalue weighted by Gasteiger charge is -2.04. The van der Waals surface area contributed by atoms with Gasteiger partial charge in [-0.2, -0.15) is 0 Å². The largest absolute Gasteiger partial charge is 0.330 e. The third kappa shape index (κ3) is 6.00. The van der Waals surface area contributed by atoms with E-state index in [1.54, 1.807) is 0 Å². The molecule has 0 bridgehead atoms. The highest BCUT2D eigenvalue weighted by Gasteiger charge is 1.96. The number of hydrogen-bond acceptors (Lipinski definition) is 2. The molecule has 4 N–H and O–H groups in total. The van der Waals surface area contributed by atoms with Gasteiger partial charge in [0, 0.05) is 0 Å². The maximum Gasteiger partial charge on any atom is -0.00366 e. The molecule has 120 valence electrons. The second-order valence-electron chi connectivity index (χ2n) is 5.94. The first-order valence-corrected chi connectivity index (χ1v) is 8.00. The highest BCUT2D eigenvalue weighted by atomic mass is 14.5. The molecule has 2 aromatic carbocycles. The molecule has 0 spiro atoms. The second-order valence-corrected chi connectivity index (χ2v) is 5.94. The summed E-state index contributed by atoms with van der Waals surface area (Å²) in [5.74, 6) is 0. The first kappa shape index (κ1) is 18.4.